The number of carboxylic acid groups (broad SMARTS) is 1. The highest BCUT2D eigenvalue weighted by Crippen LogP contribution is 2.25. The number of rotatable bonds is 4. The van der Waals surface area contributed by atoms with Crippen LogP contribution in [0.2, 0.25) is 0 Å². The zero-order valence-corrected chi connectivity index (χ0v) is 11.5. The first-order valence-electron chi connectivity index (χ1n) is 6.83. The molecular weight excluding hydrogens is 258 g/mol. The number of aliphatic hydroxyl groups excluding tert-OH is 1. The zero-order chi connectivity index (χ0) is 14.5. The van der Waals surface area contributed by atoms with Gasteiger partial charge in [0.1, 0.15) is 0 Å². The monoisotopic (exact) mass is 279 g/mol. The number of nitrogen functional groups attached to an aromatic ring is 1. The Morgan fingerprint density at radius 2 is 2.05 bits per heavy atom. The van der Waals surface area contributed by atoms with Gasteiger partial charge in [0.05, 0.1) is 23.5 Å². The minimum Gasteiger partial charge on any atom is -0.478 e. The Morgan fingerprint density at radius 1 is 1.25 bits per heavy atom. The van der Waals surface area contributed by atoms with Gasteiger partial charge in [0, 0.05) is 26.2 Å². The number of benzene rings is 1. The van der Waals surface area contributed by atoms with Gasteiger partial charge in [-0.25, -0.2) is 4.79 Å². The van der Waals surface area contributed by atoms with Gasteiger partial charge in [-0.1, -0.05) is 0 Å². The second kappa shape index (κ2) is 6.58. The van der Waals surface area contributed by atoms with E-state index in [9.17, 15) is 4.79 Å². The summed E-state index contributed by atoms with van der Waals surface area (Å²) in [6.07, 6.45) is 0.969. The van der Waals surface area contributed by atoms with E-state index in [1.54, 1.807) is 12.1 Å². The summed E-state index contributed by atoms with van der Waals surface area (Å²) in [6.45, 7) is 4.25. The highest BCUT2D eigenvalue weighted by Gasteiger charge is 2.17. The zero-order valence-electron chi connectivity index (χ0n) is 11.5. The Kier molecular flexibility index (Phi) is 4.81. The molecule has 0 aromatic heterocycles. The summed E-state index contributed by atoms with van der Waals surface area (Å²) in [4.78, 5) is 15.4. The molecule has 1 fully saturated rings. The summed E-state index contributed by atoms with van der Waals surface area (Å²) < 4.78 is 0. The van der Waals surface area contributed by atoms with Crippen LogP contribution < -0.4 is 10.6 Å². The SMILES string of the molecule is Nc1ccc(C(=O)O)cc1N1CCCN(CCO)CC1. The number of nitrogens with two attached hydrogens (primary N) is 1. The molecule has 1 aliphatic heterocycles. The second-order valence-corrected chi connectivity index (χ2v) is 4.98. The van der Waals surface area contributed by atoms with Crippen molar-refractivity contribution in [3.05, 3.63) is 23.8 Å². The molecule has 0 unspecified atom stereocenters. The molecule has 110 valence electrons. The van der Waals surface area contributed by atoms with E-state index in [1.807, 2.05) is 0 Å². The fraction of sp³-hybridized carbons (Fsp3) is 0.500. The third-order valence-corrected chi connectivity index (χ3v) is 3.62. The quantitative estimate of drug-likeness (QED) is 0.694. The van der Waals surface area contributed by atoms with Crippen molar-refractivity contribution in [2.75, 3.05) is 50.0 Å². The molecule has 1 aromatic rings. The van der Waals surface area contributed by atoms with E-state index >= 15 is 0 Å². The summed E-state index contributed by atoms with van der Waals surface area (Å²) in [5.41, 5.74) is 7.62. The smallest absolute Gasteiger partial charge is 0.335 e. The highest BCUT2D eigenvalue weighted by molar-refractivity contribution is 5.90. The van der Waals surface area contributed by atoms with Crippen LogP contribution in [0, 0.1) is 0 Å². The number of β-amino-alcohol motifs (C(OH)–C–C–N with tert-alkyl or cyclic N) is 1. The first-order valence-corrected chi connectivity index (χ1v) is 6.83. The lowest BCUT2D eigenvalue weighted by Crippen LogP contribution is -2.32. The number of nitrogens with zero attached hydrogens (tertiary/aromatic N) is 2. The predicted molar refractivity (Wildman–Crippen MR) is 78.2 cm³/mol. The van der Waals surface area contributed by atoms with Crippen molar-refractivity contribution in [3.8, 4) is 0 Å². The van der Waals surface area contributed by atoms with Crippen molar-refractivity contribution in [2.45, 2.75) is 6.42 Å². The van der Waals surface area contributed by atoms with Gasteiger partial charge in [0.25, 0.3) is 0 Å². The summed E-state index contributed by atoms with van der Waals surface area (Å²) in [5, 5.41) is 18.1. The van der Waals surface area contributed by atoms with Crippen LogP contribution in [0.4, 0.5) is 11.4 Å². The fourth-order valence-corrected chi connectivity index (χ4v) is 2.53. The van der Waals surface area contributed by atoms with Gasteiger partial charge in [-0.2, -0.15) is 0 Å². The van der Waals surface area contributed by atoms with Crippen molar-refractivity contribution in [1.29, 1.82) is 0 Å². The topological polar surface area (TPSA) is 90.0 Å². The number of hydrogen-bond acceptors (Lipinski definition) is 5. The number of carbonyl (C=O) groups is 1. The molecule has 0 saturated carbocycles. The first kappa shape index (κ1) is 14.6. The van der Waals surface area contributed by atoms with Crippen molar-refractivity contribution in [2.24, 2.45) is 0 Å². The predicted octanol–water partition coefficient (Wildman–Crippen LogP) is 0.471. The van der Waals surface area contributed by atoms with E-state index in [0.29, 0.717) is 12.2 Å². The van der Waals surface area contributed by atoms with Crippen molar-refractivity contribution < 1.29 is 15.0 Å². The van der Waals surface area contributed by atoms with E-state index in [0.717, 1.165) is 38.3 Å². The molecule has 1 saturated heterocycles. The van der Waals surface area contributed by atoms with Crippen LogP contribution in [0.15, 0.2) is 18.2 Å². The molecule has 1 aliphatic rings. The van der Waals surface area contributed by atoms with E-state index < -0.39 is 5.97 Å². The molecule has 0 aliphatic carbocycles. The van der Waals surface area contributed by atoms with Crippen molar-refractivity contribution in [1.82, 2.24) is 4.90 Å². The van der Waals surface area contributed by atoms with Crippen LogP contribution in [-0.4, -0.2) is 60.4 Å². The molecule has 20 heavy (non-hydrogen) atoms. The Balaban J connectivity index is 2.14. The average molecular weight is 279 g/mol. The molecule has 4 N–H and O–H groups in total. The molecule has 0 bridgehead atoms. The number of hydrogen-bond donors (Lipinski definition) is 3. The lowest BCUT2D eigenvalue weighted by atomic mass is 10.1. The minimum atomic E-state index is -0.942. The average Bonchev–Trinajstić information content (AvgIpc) is 2.65. The number of aliphatic hydroxyl groups is 1. The van der Waals surface area contributed by atoms with E-state index in [1.165, 1.54) is 6.07 Å². The van der Waals surface area contributed by atoms with Gasteiger partial charge in [-0.05, 0) is 31.2 Å². The van der Waals surface area contributed by atoms with Crippen LogP contribution in [0.25, 0.3) is 0 Å². The molecule has 0 radical (unpaired) electrons. The Labute approximate surface area is 118 Å². The van der Waals surface area contributed by atoms with Crippen LogP contribution in [0.5, 0.6) is 0 Å². The largest absolute Gasteiger partial charge is 0.478 e. The van der Waals surface area contributed by atoms with Gasteiger partial charge < -0.3 is 20.8 Å². The summed E-state index contributed by atoms with van der Waals surface area (Å²) in [7, 11) is 0. The third kappa shape index (κ3) is 3.40. The Morgan fingerprint density at radius 3 is 2.75 bits per heavy atom. The van der Waals surface area contributed by atoms with Gasteiger partial charge in [-0.3, -0.25) is 4.90 Å². The Bertz CT molecular complexity index is 479. The van der Waals surface area contributed by atoms with Gasteiger partial charge in [-0.15, -0.1) is 0 Å². The molecule has 1 aromatic carbocycles. The first-order chi connectivity index (χ1) is 9.61. The maximum absolute atomic E-state index is 11.1. The number of anilines is 2. The summed E-state index contributed by atoms with van der Waals surface area (Å²) >= 11 is 0. The molecule has 0 amide bonds. The maximum atomic E-state index is 11.1. The normalized spacial score (nSPS) is 16.9. The minimum absolute atomic E-state index is 0.163. The standard InChI is InChI=1S/C14H21N3O3/c15-12-3-2-11(14(19)20)10-13(12)17-5-1-4-16(6-7-17)8-9-18/h2-3,10,18H,1,4-9,15H2,(H,19,20). The highest BCUT2D eigenvalue weighted by atomic mass is 16.4. The van der Waals surface area contributed by atoms with Crippen molar-refractivity contribution >= 4 is 17.3 Å². The molecular formula is C14H21N3O3. The van der Waals surface area contributed by atoms with Crippen LogP contribution in [-0.2, 0) is 0 Å². The summed E-state index contributed by atoms with van der Waals surface area (Å²) in [5.74, 6) is -0.942. The second-order valence-electron chi connectivity index (χ2n) is 4.98. The van der Waals surface area contributed by atoms with Gasteiger partial charge >= 0.3 is 5.97 Å². The maximum Gasteiger partial charge on any atom is 0.335 e. The number of carboxylic acids is 1. The summed E-state index contributed by atoms with van der Waals surface area (Å²) in [6, 6.07) is 4.81. The lowest BCUT2D eigenvalue weighted by molar-refractivity contribution is 0.0697. The van der Waals surface area contributed by atoms with Crippen molar-refractivity contribution in [3.63, 3.8) is 0 Å². The van der Waals surface area contributed by atoms with Gasteiger partial charge in [0.2, 0.25) is 0 Å². The van der Waals surface area contributed by atoms with E-state index in [4.69, 9.17) is 15.9 Å². The van der Waals surface area contributed by atoms with Crippen LogP contribution >= 0.6 is 0 Å². The Hall–Kier alpha value is -1.79. The van der Waals surface area contributed by atoms with Gasteiger partial charge in [0.15, 0.2) is 0 Å². The molecule has 0 spiro atoms. The van der Waals surface area contributed by atoms with Crippen LogP contribution in [0.1, 0.15) is 16.8 Å². The third-order valence-electron chi connectivity index (χ3n) is 3.62. The fourth-order valence-electron chi connectivity index (χ4n) is 2.53. The molecule has 2 rings (SSSR count). The molecule has 0 atom stereocenters. The molecule has 6 nitrogen and oxygen atoms in total. The lowest BCUT2D eigenvalue weighted by Gasteiger charge is -2.25. The van der Waals surface area contributed by atoms with E-state index in [2.05, 4.69) is 9.80 Å². The molecule has 1 heterocycles. The number of aromatic carboxylic acids is 1. The van der Waals surface area contributed by atoms with Crippen LogP contribution in [0.3, 0.4) is 0 Å². The van der Waals surface area contributed by atoms with E-state index in [-0.39, 0.29) is 12.2 Å². The molecule has 6 heteroatoms.